The van der Waals surface area contributed by atoms with E-state index >= 15 is 0 Å². The predicted octanol–water partition coefficient (Wildman–Crippen LogP) is 2.00. The van der Waals surface area contributed by atoms with Crippen LogP contribution in [0.1, 0.15) is 25.8 Å². The summed E-state index contributed by atoms with van der Waals surface area (Å²) in [7, 11) is 0. The zero-order chi connectivity index (χ0) is 20.5. The van der Waals surface area contributed by atoms with Gasteiger partial charge in [-0.2, -0.15) is 0 Å². The molecule has 0 spiro atoms. The number of piperidine rings is 1. The van der Waals surface area contributed by atoms with Gasteiger partial charge >= 0.3 is 0 Å². The van der Waals surface area contributed by atoms with E-state index in [0.717, 1.165) is 12.1 Å². The molecule has 1 aromatic carbocycles. The second kappa shape index (κ2) is 7.44. The summed E-state index contributed by atoms with van der Waals surface area (Å²) >= 11 is 0. The maximum Gasteiger partial charge on any atom is 0.259 e. The third-order valence-electron chi connectivity index (χ3n) is 5.35. The number of nitrogens with one attached hydrogen (secondary N) is 1. The monoisotopic (exact) mass is 392 g/mol. The fourth-order valence-corrected chi connectivity index (χ4v) is 3.70. The van der Waals surface area contributed by atoms with Crippen LogP contribution in [0.4, 0.5) is 8.78 Å². The highest BCUT2D eigenvalue weighted by atomic mass is 19.1. The minimum atomic E-state index is -1.79. The van der Waals surface area contributed by atoms with Gasteiger partial charge in [0.25, 0.3) is 5.91 Å². The molecule has 1 aromatic rings. The molecule has 2 heterocycles. The van der Waals surface area contributed by atoms with E-state index < -0.39 is 35.4 Å². The van der Waals surface area contributed by atoms with Crippen LogP contribution in [0.15, 0.2) is 42.2 Å². The van der Waals surface area contributed by atoms with Crippen molar-refractivity contribution in [3.05, 3.63) is 59.4 Å². The average Bonchev–Trinajstić information content (AvgIpc) is 2.64. The van der Waals surface area contributed by atoms with Crippen LogP contribution in [0.5, 0.6) is 0 Å². The normalized spacial score (nSPS) is 23.2. The van der Waals surface area contributed by atoms with Crippen LogP contribution in [0.3, 0.4) is 0 Å². The topological polar surface area (TPSA) is 78.9 Å². The van der Waals surface area contributed by atoms with E-state index in [2.05, 4.69) is 5.32 Å². The quantitative estimate of drug-likeness (QED) is 0.750. The first-order chi connectivity index (χ1) is 13.2. The number of carbonyl (C=O) groups excluding carboxylic acids is 2. The van der Waals surface area contributed by atoms with Crippen LogP contribution in [0.25, 0.3) is 0 Å². The van der Waals surface area contributed by atoms with Gasteiger partial charge in [0.1, 0.15) is 18.4 Å². The average molecular weight is 392 g/mol. The third-order valence-corrected chi connectivity index (χ3v) is 5.35. The Morgan fingerprint density at radius 3 is 2.79 bits per heavy atom. The van der Waals surface area contributed by atoms with E-state index in [4.69, 9.17) is 4.74 Å². The third kappa shape index (κ3) is 3.12. The first-order valence-electron chi connectivity index (χ1n) is 8.88. The van der Waals surface area contributed by atoms with Crippen molar-refractivity contribution in [2.75, 3.05) is 13.3 Å². The number of hydrogen-bond donors (Lipinski definition) is 2. The number of amides is 1. The number of ether oxygens (including phenoxy) is 1. The summed E-state index contributed by atoms with van der Waals surface area (Å²) < 4.78 is 32.6. The number of nitrogens with zero attached hydrogens (tertiary/aromatic N) is 1. The number of carbonyl (C=O) groups is 2. The van der Waals surface area contributed by atoms with Gasteiger partial charge in [-0.05, 0) is 26.3 Å². The molecule has 2 aliphatic heterocycles. The number of halogens is 2. The summed E-state index contributed by atoms with van der Waals surface area (Å²) in [5.41, 5.74) is -2.54. The van der Waals surface area contributed by atoms with Gasteiger partial charge in [0, 0.05) is 24.4 Å². The van der Waals surface area contributed by atoms with Crippen molar-refractivity contribution in [2.24, 2.45) is 5.41 Å². The SMILES string of the molecule is CC1(C)C(=O)CN2C=CCC=C2C1(OCO)C(=O)NCc1ccc(F)cc1F. The lowest BCUT2D eigenvalue weighted by Crippen LogP contribution is -2.68. The first kappa shape index (κ1) is 20.2. The Kier molecular flexibility index (Phi) is 5.36. The Morgan fingerprint density at radius 1 is 1.36 bits per heavy atom. The molecule has 1 saturated heterocycles. The molecule has 3 rings (SSSR count). The number of allylic oxidation sites excluding steroid dienone is 2. The highest BCUT2D eigenvalue weighted by Gasteiger charge is 2.62. The van der Waals surface area contributed by atoms with E-state index in [-0.39, 0.29) is 24.4 Å². The molecule has 1 atom stereocenters. The van der Waals surface area contributed by atoms with E-state index in [1.54, 1.807) is 31.0 Å². The van der Waals surface area contributed by atoms with Gasteiger partial charge in [-0.25, -0.2) is 8.78 Å². The number of ketones is 1. The van der Waals surface area contributed by atoms with Gasteiger partial charge in [0.2, 0.25) is 5.60 Å². The van der Waals surface area contributed by atoms with Crippen LogP contribution < -0.4 is 5.32 Å². The maximum atomic E-state index is 13.9. The van der Waals surface area contributed by atoms with Crippen molar-refractivity contribution in [3.63, 3.8) is 0 Å². The second-order valence-corrected chi connectivity index (χ2v) is 7.26. The van der Waals surface area contributed by atoms with Crippen molar-refractivity contribution in [3.8, 4) is 0 Å². The first-order valence-corrected chi connectivity index (χ1v) is 8.88. The van der Waals surface area contributed by atoms with E-state index in [0.29, 0.717) is 12.1 Å². The molecule has 1 amide bonds. The molecular formula is C20H22F2N2O4. The molecule has 2 N–H and O–H groups in total. The van der Waals surface area contributed by atoms with Gasteiger partial charge < -0.3 is 20.1 Å². The highest BCUT2D eigenvalue weighted by Crippen LogP contribution is 2.47. The summed E-state index contributed by atoms with van der Waals surface area (Å²) in [4.78, 5) is 27.7. The largest absolute Gasteiger partial charge is 0.371 e. The molecule has 8 heteroatoms. The Hall–Kier alpha value is -2.58. The van der Waals surface area contributed by atoms with Crippen molar-refractivity contribution in [2.45, 2.75) is 32.4 Å². The van der Waals surface area contributed by atoms with Crippen molar-refractivity contribution < 1.29 is 28.2 Å². The summed E-state index contributed by atoms with van der Waals surface area (Å²) in [5.74, 6) is -2.44. The lowest BCUT2D eigenvalue weighted by molar-refractivity contribution is -0.190. The van der Waals surface area contributed by atoms with Gasteiger partial charge in [0.05, 0.1) is 17.7 Å². The molecule has 2 aliphatic rings. The minimum absolute atomic E-state index is 0.0751. The summed E-state index contributed by atoms with van der Waals surface area (Å²) in [6, 6.07) is 3.05. The lowest BCUT2D eigenvalue weighted by Gasteiger charge is -2.52. The second-order valence-electron chi connectivity index (χ2n) is 7.26. The lowest BCUT2D eigenvalue weighted by atomic mass is 9.65. The number of benzene rings is 1. The molecule has 28 heavy (non-hydrogen) atoms. The zero-order valence-corrected chi connectivity index (χ0v) is 15.7. The predicted molar refractivity (Wildman–Crippen MR) is 96.4 cm³/mol. The van der Waals surface area contributed by atoms with Gasteiger partial charge in [-0.3, -0.25) is 9.59 Å². The Bertz CT molecular complexity index is 866. The Labute approximate surface area is 161 Å². The maximum absolute atomic E-state index is 13.9. The number of Topliss-reactive ketones (excluding diaryl/α,β-unsaturated/α-hetero) is 1. The molecule has 0 aromatic heterocycles. The summed E-state index contributed by atoms with van der Waals surface area (Å²) in [5, 5.41) is 12.1. The Morgan fingerprint density at radius 2 is 2.11 bits per heavy atom. The van der Waals surface area contributed by atoms with Crippen molar-refractivity contribution in [1.29, 1.82) is 0 Å². The minimum Gasteiger partial charge on any atom is -0.371 e. The number of fused-ring (bicyclic) bond motifs is 1. The summed E-state index contributed by atoms with van der Waals surface area (Å²) in [6.45, 7) is 2.23. The molecule has 6 nitrogen and oxygen atoms in total. The van der Waals surface area contributed by atoms with Crippen LogP contribution in [-0.4, -0.2) is 40.6 Å². The van der Waals surface area contributed by atoms with E-state index in [9.17, 15) is 23.5 Å². The smallest absolute Gasteiger partial charge is 0.259 e. The standard InChI is InChI=1S/C20H22F2N2O4/c1-19(2)17(26)11-24-8-4-3-5-16(24)20(19,28-12-25)18(27)23-10-13-6-7-14(21)9-15(13)22/h4-9,25H,3,10-12H2,1-2H3,(H,23,27). The fourth-order valence-electron chi connectivity index (χ4n) is 3.70. The molecule has 1 unspecified atom stereocenters. The van der Waals surface area contributed by atoms with Gasteiger partial charge in [0.15, 0.2) is 5.78 Å². The number of hydrogen-bond acceptors (Lipinski definition) is 5. The number of rotatable bonds is 5. The van der Waals surface area contributed by atoms with Gasteiger partial charge in [-0.1, -0.05) is 18.2 Å². The molecule has 0 bridgehead atoms. The van der Waals surface area contributed by atoms with Crippen LogP contribution in [-0.2, 0) is 20.9 Å². The fraction of sp³-hybridized carbons (Fsp3) is 0.400. The van der Waals surface area contributed by atoms with E-state index in [1.165, 1.54) is 6.07 Å². The molecule has 1 fully saturated rings. The summed E-state index contributed by atoms with van der Waals surface area (Å²) in [6.07, 6.45) is 5.84. The molecule has 0 radical (unpaired) electrons. The highest BCUT2D eigenvalue weighted by molar-refractivity contribution is 6.01. The number of aliphatic hydroxyl groups is 1. The van der Waals surface area contributed by atoms with Crippen molar-refractivity contribution >= 4 is 11.7 Å². The molecule has 0 aliphatic carbocycles. The molecule has 150 valence electrons. The van der Waals surface area contributed by atoms with Gasteiger partial charge in [-0.15, -0.1) is 0 Å². The van der Waals surface area contributed by atoms with Crippen LogP contribution in [0, 0.1) is 17.0 Å². The van der Waals surface area contributed by atoms with E-state index in [1.807, 2.05) is 6.08 Å². The molecule has 0 saturated carbocycles. The Balaban J connectivity index is 1.97. The molecular weight excluding hydrogens is 370 g/mol. The van der Waals surface area contributed by atoms with Crippen LogP contribution in [0.2, 0.25) is 0 Å². The van der Waals surface area contributed by atoms with Crippen LogP contribution >= 0.6 is 0 Å². The zero-order valence-electron chi connectivity index (χ0n) is 15.7. The van der Waals surface area contributed by atoms with Crippen molar-refractivity contribution in [1.82, 2.24) is 10.2 Å². The number of aliphatic hydroxyl groups excluding tert-OH is 1.